The Labute approximate surface area is 121 Å². The molecule has 6 heteroatoms. The van der Waals surface area contributed by atoms with E-state index in [1.54, 1.807) is 13.2 Å². The summed E-state index contributed by atoms with van der Waals surface area (Å²) in [5.41, 5.74) is 0.973. The molecule has 1 unspecified atom stereocenters. The second-order valence-electron chi connectivity index (χ2n) is 4.17. The first-order chi connectivity index (χ1) is 9.12. The Kier molecular flexibility index (Phi) is 7.15. The van der Waals surface area contributed by atoms with Crippen LogP contribution >= 0.6 is 15.9 Å². The lowest BCUT2D eigenvalue weighted by Gasteiger charge is -2.17. The van der Waals surface area contributed by atoms with Gasteiger partial charge in [0.05, 0.1) is 18.2 Å². The molecule has 108 valence electrons. The molecule has 1 rings (SSSR count). The summed E-state index contributed by atoms with van der Waals surface area (Å²) in [5.74, 6) is 0.520. The maximum atomic E-state index is 9.72. The molecule has 3 N–H and O–H groups in total. The van der Waals surface area contributed by atoms with Gasteiger partial charge in [0.1, 0.15) is 0 Å². The fourth-order valence-electron chi connectivity index (χ4n) is 1.75. The average molecular weight is 334 g/mol. The zero-order valence-corrected chi connectivity index (χ0v) is 12.7. The number of rotatable bonds is 8. The monoisotopic (exact) mass is 333 g/mol. The molecule has 0 aromatic heterocycles. The first-order valence-electron chi connectivity index (χ1n) is 6.01. The molecular formula is C13H20BrNO4. The van der Waals surface area contributed by atoms with Crippen molar-refractivity contribution in [3.8, 4) is 11.5 Å². The predicted octanol–water partition coefficient (Wildman–Crippen LogP) is 1.65. The maximum absolute atomic E-state index is 9.72. The molecule has 0 aliphatic carbocycles. The van der Waals surface area contributed by atoms with Crippen LogP contribution in [0.25, 0.3) is 0 Å². The highest BCUT2D eigenvalue weighted by molar-refractivity contribution is 9.10. The molecular weight excluding hydrogens is 314 g/mol. The van der Waals surface area contributed by atoms with Gasteiger partial charge < -0.3 is 25.0 Å². The van der Waals surface area contributed by atoms with Crippen LogP contribution in [0.4, 0.5) is 0 Å². The lowest BCUT2D eigenvalue weighted by molar-refractivity contribution is 0.148. The average Bonchev–Trinajstić information content (AvgIpc) is 2.40. The fourth-order valence-corrected chi connectivity index (χ4v) is 2.24. The Bertz CT molecular complexity index is 394. The normalized spacial score (nSPS) is 12.4. The molecule has 0 bridgehead atoms. The highest BCUT2D eigenvalue weighted by Gasteiger charge is 2.11. The van der Waals surface area contributed by atoms with Gasteiger partial charge in [0.25, 0.3) is 0 Å². The molecule has 1 aromatic carbocycles. The van der Waals surface area contributed by atoms with Crippen molar-refractivity contribution in [2.24, 2.45) is 0 Å². The number of halogens is 1. The quantitative estimate of drug-likeness (QED) is 0.674. The predicted molar refractivity (Wildman–Crippen MR) is 76.6 cm³/mol. The number of benzene rings is 1. The van der Waals surface area contributed by atoms with Crippen LogP contribution in [-0.2, 0) is 11.3 Å². The Morgan fingerprint density at radius 3 is 2.68 bits per heavy atom. The van der Waals surface area contributed by atoms with Gasteiger partial charge in [0.2, 0.25) is 0 Å². The highest BCUT2D eigenvalue weighted by atomic mass is 79.9. The second kappa shape index (κ2) is 8.37. The molecule has 0 heterocycles. The topological polar surface area (TPSA) is 71.0 Å². The molecule has 0 aliphatic heterocycles. The van der Waals surface area contributed by atoms with E-state index in [4.69, 9.17) is 14.6 Å². The standard InChI is InChI=1S/C13H20BrNO4/c1-18-8-10(3-4-16)15-7-9-5-11(14)13(17)12(6-9)19-2/h5-6,10,15-17H,3-4,7-8H2,1-2H3. The van der Waals surface area contributed by atoms with Crippen LogP contribution < -0.4 is 10.1 Å². The van der Waals surface area contributed by atoms with Crippen molar-refractivity contribution in [1.82, 2.24) is 5.32 Å². The Balaban J connectivity index is 2.68. The van der Waals surface area contributed by atoms with Crippen molar-refractivity contribution in [2.45, 2.75) is 19.0 Å². The minimum atomic E-state index is 0.0913. The molecule has 0 spiro atoms. The minimum Gasteiger partial charge on any atom is -0.503 e. The first-order valence-corrected chi connectivity index (χ1v) is 6.80. The smallest absolute Gasteiger partial charge is 0.172 e. The summed E-state index contributed by atoms with van der Waals surface area (Å²) in [6.45, 7) is 1.25. The van der Waals surface area contributed by atoms with E-state index in [1.165, 1.54) is 7.11 Å². The van der Waals surface area contributed by atoms with Crippen molar-refractivity contribution < 1.29 is 19.7 Å². The third-order valence-corrected chi connectivity index (χ3v) is 3.35. The number of nitrogens with one attached hydrogen (secondary N) is 1. The number of hydrogen-bond acceptors (Lipinski definition) is 5. The Morgan fingerprint density at radius 1 is 1.37 bits per heavy atom. The number of methoxy groups -OCH3 is 2. The largest absolute Gasteiger partial charge is 0.503 e. The molecule has 0 amide bonds. The Morgan fingerprint density at radius 2 is 2.11 bits per heavy atom. The van der Waals surface area contributed by atoms with E-state index >= 15 is 0 Å². The summed E-state index contributed by atoms with van der Waals surface area (Å²) >= 11 is 3.28. The number of phenolic OH excluding ortho intramolecular Hbond substituents is 1. The van der Waals surface area contributed by atoms with Gasteiger partial charge in [0, 0.05) is 26.3 Å². The number of aromatic hydroxyl groups is 1. The fraction of sp³-hybridized carbons (Fsp3) is 0.538. The summed E-state index contributed by atoms with van der Waals surface area (Å²) in [7, 11) is 3.14. The van der Waals surface area contributed by atoms with Gasteiger partial charge >= 0.3 is 0 Å². The highest BCUT2D eigenvalue weighted by Crippen LogP contribution is 2.35. The molecule has 0 saturated heterocycles. The van der Waals surface area contributed by atoms with Crippen LogP contribution in [0.2, 0.25) is 0 Å². The van der Waals surface area contributed by atoms with Gasteiger partial charge in [-0.25, -0.2) is 0 Å². The van der Waals surface area contributed by atoms with Crippen molar-refractivity contribution in [3.05, 3.63) is 22.2 Å². The van der Waals surface area contributed by atoms with Gasteiger partial charge in [-0.05, 0) is 40.0 Å². The molecule has 0 radical (unpaired) electrons. The third kappa shape index (κ3) is 4.99. The Hall–Kier alpha value is -0.820. The maximum Gasteiger partial charge on any atom is 0.172 e. The molecule has 1 aromatic rings. The zero-order valence-electron chi connectivity index (χ0n) is 11.1. The minimum absolute atomic E-state index is 0.0913. The molecule has 0 saturated carbocycles. The summed E-state index contributed by atoms with van der Waals surface area (Å²) in [6, 6.07) is 3.69. The zero-order chi connectivity index (χ0) is 14.3. The van der Waals surface area contributed by atoms with Crippen molar-refractivity contribution >= 4 is 15.9 Å². The summed E-state index contributed by atoms with van der Waals surface area (Å²) < 4.78 is 10.8. The number of phenols is 1. The van der Waals surface area contributed by atoms with Gasteiger partial charge in [-0.1, -0.05) is 0 Å². The van der Waals surface area contributed by atoms with E-state index in [2.05, 4.69) is 21.2 Å². The second-order valence-corrected chi connectivity index (χ2v) is 5.03. The van der Waals surface area contributed by atoms with Gasteiger partial charge in [-0.3, -0.25) is 0 Å². The molecule has 0 fully saturated rings. The molecule has 5 nitrogen and oxygen atoms in total. The lowest BCUT2D eigenvalue weighted by atomic mass is 10.1. The lowest BCUT2D eigenvalue weighted by Crippen LogP contribution is -2.33. The van der Waals surface area contributed by atoms with Crippen LogP contribution in [0.5, 0.6) is 11.5 Å². The van der Waals surface area contributed by atoms with E-state index in [0.29, 0.717) is 29.8 Å². The number of hydrogen-bond donors (Lipinski definition) is 3. The first kappa shape index (κ1) is 16.2. The third-order valence-electron chi connectivity index (χ3n) is 2.75. The van der Waals surface area contributed by atoms with Crippen LogP contribution in [0.3, 0.4) is 0 Å². The van der Waals surface area contributed by atoms with Crippen LogP contribution in [0.15, 0.2) is 16.6 Å². The van der Waals surface area contributed by atoms with Crippen LogP contribution in [-0.4, -0.2) is 43.7 Å². The van der Waals surface area contributed by atoms with Crippen LogP contribution in [0.1, 0.15) is 12.0 Å². The number of aliphatic hydroxyl groups excluding tert-OH is 1. The SMILES string of the molecule is COCC(CCO)NCc1cc(Br)c(O)c(OC)c1. The van der Waals surface area contributed by atoms with Gasteiger partial charge in [-0.2, -0.15) is 0 Å². The van der Waals surface area contributed by atoms with Crippen molar-refractivity contribution in [1.29, 1.82) is 0 Å². The summed E-state index contributed by atoms with van der Waals surface area (Å²) in [6.07, 6.45) is 0.629. The molecule has 1 atom stereocenters. The van der Waals surface area contributed by atoms with Gasteiger partial charge in [-0.15, -0.1) is 0 Å². The van der Waals surface area contributed by atoms with E-state index in [-0.39, 0.29) is 18.4 Å². The summed E-state index contributed by atoms with van der Waals surface area (Å²) in [5, 5.41) is 22.0. The van der Waals surface area contributed by atoms with E-state index in [1.807, 2.05) is 6.07 Å². The van der Waals surface area contributed by atoms with Crippen molar-refractivity contribution in [3.63, 3.8) is 0 Å². The van der Waals surface area contributed by atoms with Crippen molar-refractivity contribution in [2.75, 3.05) is 27.4 Å². The summed E-state index contributed by atoms with van der Waals surface area (Å²) in [4.78, 5) is 0. The van der Waals surface area contributed by atoms with E-state index in [9.17, 15) is 5.11 Å². The van der Waals surface area contributed by atoms with Crippen LogP contribution in [0, 0.1) is 0 Å². The van der Waals surface area contributed by atoms with Gasteiger partial charge in [0.15, 0.2) is 11.5 Å². The van der Waals surface area contributed by atoms with E-state index < -0.39 is 0 Å². The van der Waals surface area contributed by atoms with E-state index in [0.717, 1.165) is 5.56 Å². The number of aliphatic hydroxyl groups is 1. The molecule has 19 heavy (non-hydrogen) atoms. The molecule has 0 aliphatic rings. The number of ether oxygens (including phenoxy) is 2.